The standard InChI is InChI=1S/C22H24N4O3/c1-28-19-6-5-18(12-20(19)29-2)21(25-15-17-4-3-9-24-13-17)22(27)26-14-16-7-10-23-11-8-16/h3-13,21,25H,14-15H2,1-2H3,(H,26,27). The Bertz CT molecular complexity index is 920. The molecule has 7 nitrogen and oxygen atoms in total. The molecule has 3 rings (SSSR count). The van der Waals surface area contributed by atoms with Gasteiger partial charge in [0.2, 0.25) is 5.91 Å². The highest BCUT2D eigenvalue weighted by Crippen LogP contribution is 2.30. The van der Waals surface area contributed by atoms with Crippen LogP contribution in [-0.2, 0) is 17.9 Å². The molecule has 1 unspecified atom stereocenters. The lowest BCUT2D eigenvalue weighted by Gasteiger charge is -2.20. The molecule has 2 heterocycles. The highest BCUT2D eigenvalue weighted by atomic mass is 16.5. The lowest BCUT2D eigenvalue weighted by atomic mass is 10.0. The minimum atomic E-state index is -0.572. The number of carbonyl (C=O) groups is 1. The van der Waals surface area contributed by atoms with Gasteiger partial charge in [0.05, 0.1) is 14.2 Å². The Morgan fingerprint density at radius 2 is 1.72 bits per heavy atom. The van der Waals surface area contributed by atoms with Crippen molar-refractivity contribution in [3.8, 4) is 11.5 Å². The SMILES string of the molecule is COc1ccc(C(NCc2cccnc2)C(=O)NCc2ccncc2)cc1OC. The van der Waals surface area contributed by atoms with Gasteiger partial charge in [-0.15, -0.1) is 0 Å². The fourth-order valence-electron chi connectivity index (χ4n) is 2.91. The summed E-state index contributed by atoms with van der Waals surface area (Å²) in [6.45, 7) is 0.912. The zero-order chi connectivity index (χ0) is 20.5. The summed E-state index contributed by atoms with van der Waals surface area (Å²) in [7, 11) is 3.15. The van der Waals surface area contributed by atoms with Gasteiger partial charge in [0.1, 0.15) is 6.04 Å². The van der Waals surface area contributed by atoms with Crippen LogP contribution in [0.2, 0.25) is 0 Å². The molecule has 150 valence electrons. The van der Waals surface area contributed by atoms with Crippen LogP contribution in [0.15, 0.2) is 67.3 Å². The van der Waals surface area contributed by atoms with Crippen LogP contribution >= 0.6 is 0 Å². The second kappa shape index (κ2) is 10.2. The summed E-state index contributed by atoms with van der Waals surface area (Å²) in [5.74, 6) is 1.04. The van der Waals surface area contributed by atoms with E-state index in [0.717, 1.165) is 16.7 Å². The predicted octanol–water partition coefficient (Wildman–Crippen LogP) is 2.64. The number of rotatable bonds is 9. The molecule has 3 aromatic rings. The minimum Gasteiger partial charge on any atom is -0.493 e. The molecule has 0 bridgehead atoms. The fourth-order valence-corrected chi connectivity index (χ4v) is 2.91. The van der Waals surface area contributed by atoms with Crippen LogP contribution in [0.5, 0.6) is 11.5 Å². The summed E-state index contributed by atoms with van der Waals surface area (Å²) in [6, 6.07) is 12.5. The van der Waals surface area contributed by atoms with Gasteiger partial charge in [0.25, 0.3) is 0 Å². The summed E-state index contributed by atoms with van der Waals surface area (Å²) in [5, 5.41) is 6.30. The van der Waals surface area contributed by atoms with Crippen LogP contribution in [0, 0.1) is 0 Å². The first kappa shape index (κ1) is 20.3. The molecule has 0 fully saturated rings. The molecule has 1 atom stereocenters. The largest absolute Gasteiger partial charge is 0.493 e. The second-order valence-electron chi connectivity index (χ2n) is 6.36. The summed E-state index contributed by atoms with van der Waals surface area (Å²) in [6.07, 6.45) is 6.90. The van der Waals surface area contributed by atoms with E-state index in [1.165, 1.54) is 0 Å². The molecule has 0 aliphatic rings. The van der Waals surface area contributed by atoms with E-state index in [0.29, 0.717) is 24.6 Å². The van der Waals surface area contributed by atoms with Gasteiger partial charge in [-0.3, -0.25) is 20.1 Å². The first-order valence-corrected chi connectivity index (χ1v) is 9.22. The Morgan fingerprint density at radius 1 is 0.931 bits per heavy atom. The van der Waals surface area contributed by atoms with Crippen molar-refractivity contribution in [1.29, 1.82) is 0 Å². The lowest BCUT2D eigenvalue weighted by Crippen LogP contribution is -2.37. The maximum atomic E-state index is 13.0. The van der Waals surface area contributed by atoms with E-state index < -0.39 is 6.04 Å². The molecule has 0 aliphatic heterocycles. The van der Waals surface area contributed by atoms with Crippen molar-refractivity contribution in [1.82, 2.24) is 20.6 Å². The number of amides is 1. The number of benzene rings is 1. The molecular formula is C22H24N4O3. The number of hydrogen-bond acceptors (Lipinski definition) is 6. The molecule has 0 saturated heterocycles. The van der Waals surface area contributed by atoms with Gasteiger partial charge in [-0.05, 0) is 47.0 Å². The number of pyridine rings is 2. The summed E-state index contributed by atoms with van der Waals surface area (Å²) < 4.78 is 10.7. The van der Waals surface area contributed by atoms with Gasteiger partial charge in [-0.25, -0.2) is 0 Å². The Kier molecular flexibility index (Phi) is 7.13. The third kappa shape index (κ3) is 5.52. The van der Waals surface area contributed by atoms with Crippen molar-refractivity contribution in [2.45, 2.75) is 19.1 Å². The minimum absolute atomic E-state index is 0.141. The third-order valence-corrected chi connectivity index (χ3v) is 4.45. The number of methoxy groups -OCH3 is 2. The molecular weight excluding hydrogens is 368 g/mol. The van der Waals surface area contributed by atoms with Crippen molar-refractivity contribution >= 4 is 5.91 Å². The number of ether oxygens (including phenoxy) is 2. The van der Waals surface area contributed by atoms with E-state index in [4.69, 9.17) is 9.47 Å². The van der Waals surface area contributed by atoms with Gasteiger partial charge in [0, 0.05) is 37.9 Å². The monoisotopic (exact) mass is 392 g/mol. The van der Waals surface area contributed by atoms with Crippen molar-refractivity contribution < 1.29 is 14.3 Å². The topological polar surface area (TPSA) is 85.4 Å². The molecule has 1 aromatic carbocycles. The number of nitrogens with zero attached hydrogens (tertiary/aromatic N) is 2. The number of carbonyl (C=O) groups excluding carboxylic acids is 1. The Hall–Kier alpha value is -3.45. The van der Waals surface area contributed by atoms with Crippen LogP contribution in [-0.4, -0.2) is 30.1 Å². The Labute approximate surface area is 170 Å². The molecule has 29 heavy (non-hydrogen) atoms. The third-order valence-electron chi connectivity index (χ3n) is 4.45. The Balaban J connectivity index is 1.79. The first-order chi connectivity index (χ1) is 14.2. The Morgan fingerprint density at radius 3 is 2.41 bits per heavy atom. The van der Waals surface area contributed by atoms with Crippen LogP contribution < -0.4 is 20.1 Å². The quantitative estimate of drug-likeness (QED) is 0.582. The second-order valence-corrected chi connectivity index (χ2v) is 6.36. The average molecular weight is 392 g/mol. The van der Waals surface area contributed by atoms with Crippen molar-refractivity contribution in [2.75, 3.05) is 14.2 Å². The summed E-state index contributed by atoms with van der Waals surface area (Å²) in [4.78, 5) is 21.1. The lowest BCUT2D eigenvalue weighted by molar-refractivity contribution is -0.123. The normalized spacial score (nSPS) is 11.5. The van der Waals surface area contributed by atoms with Crippen LogP contribution in [0.4, 0.5) is 0 Å². The van der Waals surface area contributed by atoms with Gasteiger partial charge in [-0.2, -0.15) is 0 Å². The van der Waals surface area contributed by atoms with Crippen molar-refractivity contribution in [3.05, 3.63) is 83.9 Å². The van der Waals surface area contributed by atoms with E-state index in [9.17, 15) is 4.79 Å². The highest BCUT2D eigenvalue weighted by Gasteiger charge is 2.21. The highest BCUT2D eigenvalue weighted by molar-refractivity contribution is 5.83. The van der Waals surface area contributed by atoms with Gasteiger partial charge in [0.15, 0.2) is 11.5 Å². The zero-order valence-electron chi connectivity index (χ0n) is 16.5. The van der Waals surface area contributed by atoms with Gasteiger partial charge in [-0.1, -0.05) is 12.1 Å². The predicted molar refractivity (Wildman–Crippen MR) is 109 cm³/mol. The first-order valence-electron chi connectivity index (χ1n) is 9.22. The van der Waals surface area contributed by atoms with E-state index in [-0.39, 0.29) is 5.91 Å². The number of nitrogens with one attached hydrogen (secondary N) is 2. The summed E-state index contributed by atoms with van der Waals surface area (Å²) >= 11 is 0. The molecule has 1 amide bonds. The molecule has 7 heteroatoms. The molecule has 0 radical (unpaired) electrons. The number of hydrogen-bond donors (Lipinski definition) is 2. The smallest absolute Gasteiger partial charge is 0.242 e. The molecule has 2 N–H and O–H groups in total. The van der Waals surface area contributed by atoms with Crippen molar-refractivity contribution in [3.63, 3.8) is 0 Å². The summed E-state index contributed by atoms with van der Waals surface area (Å²) in [5.41, 5.74) is 2.74. The fraction of sp³-hybridized carbons (Fsp3) is 0.227. The van der Waals surface area contributed by atoms with Crippen LogP contribution in [0.3, 0.4) is 0 Å². The van der Waals surface area contributed by atoms with Crippen LogP contribution in [0.25, 0.3) is 0 Å². The van der Waals surface area contributed by atoms with Gasteiger partial charge >= 0.3 is 0 Å². The molecule has 0 saturated carbocycles. The van der Waals surface area contributed by atoms with Crippen LogP contribution in [0.1, 0.15) is 22.7 Å². The van der Waals surface area contributed by atoms with E-state index >= 15 is 0 Å². The van der Waals surface area contributed by atoms with Crippen molar-refractivity contribution in [2.24, 2.45) is 0 Å². The molecule has 2 aromatic heterocycles. The number of aromatic nitrogens is 2. The van der Waals surface area contributed by atoms with E-state index in [2.05, 4.69) is 20.6 Å². The van der Waals surface area contributed by atoms with E-state index in [1.54, 1.807) is 45.1 Å². The maximum Gasteiger partial charge on any atom is 0.242 e. The van der Waals surface area contributed by atoms with E-state index in [1.807, 2.05) is 36.4 Å². The van der Waals surface area contributed by atoms with Gasteiger partial charge < -0.3 is 14.8 Å². The average Bonchev–Trinajstić information content (AvgIpc) is 2.79. The molecule has 0 aliphatic carbocycles. The maximum absolute atomic E-state index is 13.0. The molecule has 0 spiro atoms. The zero-order valence-corrected chi connectivity index (χ0v) is 16.5.